The van der Waals surface area contributed by atoms with Crippen molar-refractivity contribution >= 4 is 28.8 Å². The molecule has 4 nitrogen and oxygen atoms in total. The summed E-state index contributed by atoms with van der Waals surface area (Å²) in [6.07, 6.45) is -4.46. The molecule has 0 atom stereocenters. The van der Waals surface area contributed by atoms with Crippen LogP contribution < -0.4 is 5.11 Å². The highest BCUT2D eigenvalue weighted by Crippen LogP contribution is 2.33. The van der Waals surface area contributed by atoms with Gasteiger partial charge in [0.1, 0.15) is 0 Å². The molecule has 2 aromatic carbocycles. The summed E-state index contributed by atoms with van der Waals surface area (Å²) in [6.45, 7) is 0.373. The second-order valence-corrected chi connectivity index (χ2v) is 6.27. The summed E-state index contributed by atoms with van der Waals surface area (Å²) in [5.41, 5.74) is 0.821. The minimum atomic E-state index is -4.46. The fourth-order valence-corrected chi connectivity index (χ4v) is 3.17. The molecule has 1 aromatic heterocycles. The number of aliphatic carboxylic acids is 1. The second kappa shape index (κ2) is 6.79. The first-order valence-electron chi connectivity index (χ1n) is 7.28. The van der Waals surface area contributed by atoms with Gasteiger partial charge in [-0.05, 0) is 23.8 Å². The van der Waals surface area contributed by atoms with Crippen LogP contribution in [0.3, 0.4) is 0 Å². The maximum Gasteiger partial charge on any atom is 0.416 e. The molecule has 0 saturated carbocycles. The van der Waals surface area contributed by atoms with Crippen molar-refractivity contribution in [2.24, 2.45) is 0 Å². The molecule has 0 radical (unpaired) electrons. The van der Waals surface area contributed by atoms with E-state index in [1.807, 2.05) is 30.3 Å². The Labute approximate surface area is 145 Å². The van der Waals surface area contributed by atoms with Crippen LogP contribution in [0.4, 0.5) is 13.2 Å². The van der Waals surface area contributed by atoms with Crippen LogP contribution in [0, 0.1) is 0 Å². The number of thioether (sulfide) groups is 1. The Kier molecular flexibility index (Phi) is 4.71. The maximum absolute atomic E-state index is 12.9. The lowest BCUT2D eigenvalue weighted by atomic mass is 10.2. The fraction of sp³-hybridized carbons (Fsp3) is 0.176. The van der Waals surface area contributed by atoms with Gasteiger partial charge >= 0.3 is 6.18 Å². The van der Waals surface area contributed by atoms with Gasteiger partial charge in [0.15, 0.2) is 5.16 Å². The minimum absolute atomic E-state index is 0.173. The molecule has 0 fully saturated rings. The lowest BCUT2D eigenvalue weighted by Crippen LogP contribution is -2.24. The van der Waals surface area contributed by atoms with E-state index in [1.54, 1.807) is 4.57 Å². The zero-order chi connectivity index (χ0) is 18.0. The van der Waals surface area contributed by atoms with Crippen molar-refractivity contribution in [1.29, 1.82) is 0 Å². The summed E-state index contributed by atoms with van der Waals surface area (Å²) in [6, 6.07) is 12.6. The van der Waals surface area contributed by atoms with Gasteiger partial charge in [0.05, 0.1) is 29.1 Å². The van der Waals surface area contributed by atoms with Gasteiger partial charge in [-0.15, -0.1) is 0 Å². The third-order valence-corrected chi connectivity index (χ3v) is 4.49. The van der Waals surface area contributed by atoms with Crippen molar-refractivity contribution in [3.05, 3.63) is 59.7 Å². The van der Waals surface area contributed by atoms with Gasteiger partial charge in [0.25, 0.3) is 0 Å². The quantitative estimate of drug-likeness (QED) is 0.653. The molecular weight excluding hydrogens is 353 g/mol. The third-order valence-electron chi connectivity index (χ3n) is 3.54. The van der Waals surface area contributed by atoms with Crippen LogP contribution in [0.5, 0.6) is 0 Å². The highest BCUT2D eigenvalue weighted by Gasteiger charge is 2.31. The number of hydrogen-bond donors (Lipinski definition) is 0. The number of rotatable bonds is 5. The Hall–Kier alpha value is -2.48. The van der Waals surface area contributed by atoms with Gasteiger partial charge < -0.3 is 14.5 Å². The molecule has 1 heterocycles. The molecule has 0 N–H and O–H groups in total. The zero-order valence-corrected chi connectivity index (χ0v) is 13.6. The number of hydrogen-bond acceptors (Lipinski definition) is 4. The molecule has 0 spiro atoms. The monoisotopic (exact) mass is 365 g/mol. The molecule has 0 saturated heterocycles. The summed E-state index contributed by atoms with van der Waals surface area (Å²) >= 11 is 0.922. The number of alkyl halides is 3. The van der Waals surface area contributed by atoms with Crippen molar-refractivity contribution in [2.75, 3.05) is 5.75 Å². The summed E-state index contributed by atoms with van der Waals surface area (Å²) in [7, 11) is 0. The average Bonchev–Trinajstić information content (AvgIpc) is 2.90. The Morgan fingerprint density at radius 2 is 1.88 bits per heavy atom. The lowest BCUT2D eigenvalue weighted by Gasteiger charge is -2.10. The normalized spacial score (nSPS) is 11.8. The van der Waals surface area contributed by atoms with E-state index in [4.69, 9.17) is 0 Å². The molecule has 130 valence electrons. The number of benzene rings is 2. The molecule has 0 aliphatic rings. The van der Waals surface area contributed by atoms with Crippen molar-refractivity contribution in [3.63, 3.8) is 0 Å². The van der Waals surface area contributed by atoms with E-state index in [1.165, 1.54) is 6.07 Å². The van der Waals surface area contributed by atoms with Crippen LogP contribution in [0.1, 0.15) is 11.1 Å². The van der Waals surface area contributed by atoms with Gasteiger partial charge in [-0.3, -0.25) is 0 Å². The number of nitrogens with zero attached hydrogens (tertiary/aromatic N) is 2. The minimum Gasteiger partial charge on any atom is -0.549 e. The summed E-state index contributed by atoms with van der Waals surface area (Å²) < 4.78 is 40.4. The molecule has 3 aromatic rings. The Bertz CT molecular complexity index is 907. The molecular formula is C17H12F3N2O2S-. The first-order valence-corrected chi connectivity index (χ1v) is 8.27. The van der Waals surface area contributed by atoms with Gasteiger partial charge in [0, 0.05) is 5.75 Å². The van der Waals surface area contributed by atoms with Crippen LogP contribution in [-0.4, -0.2) is 21.3 Å². The largest absolute Gasteiger partial charge is 0.549 e. The van der Waals surface area contributed by atoms with Gasteiger partial charge in [-0.1, -0.05) is 42.1 Å². The first-order chi connectivity index (χ1) is 11.8. The molecule has 0 bridgehead atoms. The van der Waals surface area contributed by atoms with Gasteiger partial charge in [-0.25, -0.2) is 4.98 Å². The average molecular weight is 365 g/mol. The van der Waals surface area contributed by atoms with E-state index in [9.17, 15) is 23.1 Å². The van der Waals surface area contributed by atoms with E-state index in [0.29, 0.717) is 17.2 Å². The predicted molar refractivity (Wildman–Crippen MR) is 86.0 cm³/mol. The number of carboxylic acid groups (broad SMARTS) is 1. The third kappa shape index (κ3) is 3.96. The van der Waals surface area contributed by atoms with Crippen LogP contribution in [0.25, 0.3) is 11.0 Å². The van der Waals surface area contributed by atoms with E-state index < -0.39 is 17.7 Å². The van der Waals surface area contributed by atoms with Crippen LogP contribution >= 0.6 is 11.8 Å². The van der Waals surface area contributed by atoms with Crippen molar-refractivity contribution in [3.8, 4) is 0 Å². The highest BCUT2D eigenvalue weighted by molar-refractivity contribution is 7.99. The molecule has 25 heavy (non-hydrogen) atoms. The van der Waals surface area contributed by atoms with E-state index in [-0.39, 0.29) is 11.3 Å². The smallest absolute Gasteiger partial charge is 0.416 e. The Morgan fingerprint density at radius 3 is 2.52 bits per heavy atom. The number of carboxylic acids is 1. The molecule has 0 amide bonds. The summed E-state index contributed by atoms with van der Waals surface area (Å²) in [5.74, 6) is -1.59. The predicted octanol–water partition coefficient (Wildman–Crippen LogP) is 2.95. The maximum atomic E-state index is 12.9. The number of halogens is 3. The number of imidazole rings is 1. The number of fused-ring (bicyclic) bond motifs is 1. The molecule has 0 aliphatic carbocycles. The first kappa shape index (κ1) is 17.3. The lowest BCUT2D eigenvalue weighted by molar-refractivity contribution is -0.301. The molecule has 0 aliphatic heterocycles. The highest BCUT2D eigenvalue weighted by atomic mass is 32.2. The second-order valence-electron chi connectivity index (χ2n) is 5.33. The van der Waals surface area contributed by atoms with E-state index >= 15 is 0 Å². The van der Waals surface area contributed by atoms with E-state index in [2.05, 4.69) is 4.98 Å². The number of carbonyl (C=O) groups is 1. The fourth-order valence-electron chi connectivity index (χ4n) is 2.44. The molecule has 3 rings (SSSR count). The van der Waals surface area contributed by atoms with E-state index in [0.717, 1.165) is 29.5 Å². The topological polar surface area (TPSA) is 57.9 Å². The Morgan fingerprint density at radius 1 is 1.16 bits per heavy atom. The van der Waals surface area contributed by atoms with Crippen molar-refractivity contribution in [1.82, 2.24) is 9.55 Å². The van der Waals surface area contributed by atoms with Gasteiger partial charge in [-0.2, -0.15) is 13.2 Å². The van der Waals surface area contributed by atoms with Crippen LogP contribution in [-0.2, 0) is 17.5 Å². The van der Waals surface area contributed by atoms with Crippen molar-refractivity contribution < 1.29 is 23.1 Å². The van der Waals surface area contributed by atoms with Gasteiger partial charge in [0.2, 0.25) is 0 Å². The van der Waals surface area contributed by atoms with Crippen LogP contribution in [0.2, 0.25) is 0 Å². The summed E-state index contributed by atoms with van der Waals surface area (Å²) in [5, 5.41) is 11.1. The standard InChI is InChI=1S/C17H13F3N2O2S/c18-17(19,20)12-6-7-14-13(8-12)21-16(25-10-15(23)24)22(14)9-11-4-2-1-3-5-11/h1-8H,9-10H2,(H,23,24)/p-1. The zero-order valence-electron chi connectivity index (χ0n) is 12.8. The molecule has 0 unspecified atom stereocenters. The molecule has 8 heteroatoms. The number of aromatic nitrogens is 2. The Balaban J connectivity index is 2.06. The van der Waals surface area contributed by atoms with Crippen LogP contribution in [0.15, 0.2) is 53.7 Å². The SMILES string of the molecule is O=C([O-])CSc1nc2cc(C(F)(F)F)ccc2n1Cc1ccccc1. The van der Waals surface area contributed by atoms with Crippen molar-refractivity contribution in [2.45, 2.75) is 17.9 Å². The summed E-state index contributed by atoms with van der Waals surface area (Å²) in [4.78, 5) is 14.9. The number of carbonyl (C=O) groups excluding carboxylic acids is 1.